The van der Waals surface area contributed by atoms with Crippen LogP contribution in [0, 0.1) is 0 Å². The van der Waals surface area contributed by atoms with Gasteiger partial charge in [0.05, 0.1) is 5.69 Å². The van der Waals surface area contributed by atoms with Crippen LogP contribution in [0.25, 0.3) is 11.1 Å². The summed E-state index contributed by atoms with van der Waals surface area (Å²) in [7, 11) is 0. The first-order chi connectivity index (χ1) is 10.1. The van der Waals surface area contributed by atoms with Gasteiger partial charge >= 0.3 is 11.7 Å². The van der Waals surface area contributed by atoms with Gasteiger partial charge in [-0.2, -0.15) is 0 Å². The molecule has 0 spiro atoms. The van der Waals surface area contributed by atoms with Crippen molar-refractivity contribution in [3.8, 4) is 0 Å². The molecule has 3 N–H and O–H groups in total. The fourth-order valence-corrected chi connectivity index (χ4v) is 2.39. The van der Waals surface area contributed by atoms with Crippen molar-refractivity contribution in [2.45, 2.75) is 6.04 Å². The number of fused-ring (bicyclic) bond motifs is 1. The molecule has 0 saturated carbocycles. The zero-order valence-corrected chi connectivity index (χ0v) is 10.9. The Morgan fingerprint density at radius 2 is 1.86 bits per heavy atom. The van der Waals surface area contributed by atoms with Crippen molar-refractivity contribution in [2.75, 3.05) is 5.73 Å². The van der Waals surface area contributed by atoms with Gasteiger partial charge in [-0.25, -0.2) is 9.59 Å². The molecule has 0 amide bonds. The molecule has 21 heavy (non-hydrogen) atoms. The Hall–Kier alpha value is -3.02. The van der Waals surface area contributed by atoms with E-state index in [4.69, 9.17) is 10.2 Å². The zero-order valence-electron chi connectivity index (χ0n) is 10.9. The minimum atomic E-state index is -1.19. The van der Waals surface area contributed by atoms with Crippen molar-refractivity contribution >= 4 is 22.8 Å². The monoisotopic (exact) mass is 284 g/mol. The van der Waals surface area contributed by atoms with E-state index in [1.165, 1.54) is 0 Å². The molecule has 0 aliphatic rings. The second-order valence-corrected chi connectivity index (χ2v) is 4.58. The Kier molecular flexibility index (Phi) is 2.98. The van der Waals surface area contributed by atoms with E-state index in [-0.39, 0.29) is 5.58 Å². The fraction of sp³-hybridized carbons (Fsp3) is 0.0667. The van der Waals surface area contributed by atoms with Crippen LogP contribution in [0.4, 0.5) is 5.69 Å². The average Bonchev–Trinajstić information content (AvgIpc) is 2.78. The summed E-state index contributed by atoms with van der Waals surface area (Å²) >= 11 is 0. The molecule has 0 radical (unpaired) electrons. The highest BCUT2D eigenvalue weighted by Crippen LogP contribution is 2.26. The number of oxazole rings is 1. The van der Waals surface area contributed by atoms with Crippen molar-refractivity contribution in [1.29, 1.82) is 0 Å². The van der Waals surface area contributed by atoms with Crippen LogP contribution < -0.4 is 11.5 Å². The molecule has 1 unspecified atom stereocenters. The lowest BCUT2D eigenvalue weighted by Gasteiger charge is -2.14. The third-order valence-electron chi connectivity index (χ3n) is 3.27. The normalized spacial score (nSPS) is 12.4. The topological polar surface area (TPSA) is 98.5 Å². The molecule has 0 aliphatic heterocycles. The summed E-state index contributed by atoms with van der Waals surface area (Å²) in [5.74, 6) is -1.91. The number of para-hydroxylation sites is 1. The van der Waals surface area contributed by atoms with Crippen LogP contribution in [0.1, 0.15) is 11.6 Å². The number of carboxylic acids is 1. The molecule has 0 fully saturated rings. The number of aliphatic carboxylic acids is 1. The second kappa shape index (κ2) is 4.82. The molecule has 1 heterocycles. The maximum atomic E-state index is 12.1. The van der Waals surface area contributed by atoms with Crippen LogP contribution >= 0.6 is 0 Å². The number of carboxylic acid groups (broad SMARTS) is 1. The minimum Gasteiger partial charge on any atom is -0.479 e. The van der Waals surface area contributed by atoms with Gasteiger partial charge in [0.25, 0.3) is 0 Å². The standard InChI is InChI=1S/C15H12N2O4/c16-10-7-4-8-11-13(10)17(15(20)21-11)12(14(18)19)9-5-2-1-3-6-9/h1-8,12H,16H2,(H,18,19). The predicted octanol–water partition coefficient (Wildman–Crippen LogP) is 1.85. The van der Waals surface area contributed by atoms with E-state index in [0.717, 1.165) is 4.57 Å². The van der Waals surface area contributed by atoms with Crippen LogP contribution in [0.15, 0.2) is 57.7 Å². The quantitative estimate of drug-likeness (QED) is 0.715. The van der Waals surface area contributed by atoms with Gasteiger partial charge in [-0.1, -0.05) is 36.4 Å². The fourth-order valence-electron chi connectivity index (χ4n) is 2.39. The Bertz CT molecular complexity index is 864. The number of nitrogens with zero attached hydrogens (tertiary/aromatic N) is 1. The highest BCUT2D eigenvalue weighted by molar-refractivity contribution is 5.88. The van der Waals surface area contributed by atoms with Gasteiger partial charge in [0.2, 0.25) is 0 Å². The average molecular weight is 284 g/mol. The molecule has 1 atom stereocenters. The van der Waals surface area contributed by atoms with E-state index in [1.54, 1.807) is 48.5 Å². The van der Waals surface area contributed by atoms with E-state index in [1.807, 2.05) is 0 Å². The molecule has 0 saturated heterocycles. The lowest BCUT2D eigenvalue weighted by Crippen LogP contribution is -2.28. The summed E-state index contributed by atoms with van der Waals surface area (Å²) in [5.41, 5.74) is 7.19. The van der Waals surface area contributed by atoms with E-state index >= 15 is 0 Å². The molecular formula is C15H12N2O4. The van der Waals surface area contributed by atoms with Gasteiger partial charge in [-0.3, -0.25) is 4.57 Å². The van der Waals surface area contributed by atoms with Gasteiger partial charge in [-0.15, -0.1) is 0 Å². The maximum absolute atomic E-state index is 12.1. The van der Waals surface area contributed by atoms with Crippen LogP contribution in [-0.2, 0) is 4.79 Å². The first-order valence-corrected chi connectivity index (χ1v) is 6.27. The molecule has 2 aromatic carbocycles. The Morgan fingerprint density at radius 1 is 1.14 bits per heavy atom. The number of rotatable bonds is 3. The van der Waals surface area contributed by atoms with E-state index in [2.05, 4.69) is 0 Å². The highest BCUT2D eigenvalue weighted by Gasteiger charge is 2.27. The van der Waals surface area contributed by atoms with E-state index < -0.39 is 17.8 Å². The Morgan fingerprint density at radius 3 is 2.52 bits per heavy atom. The molecule has 3 rings (SSSR count). The first kappa shape index (κ1) is 13.0. The van der Waals surface area contributed by atoms with Crippen molar-refractivity contribution in [2.24, 2.45) is 0 Å². The van der Waals surface area contributed by atoms with Crippen LogP contribution in [-0.4, -0.2) is 15.6 Å². The highest BCUT2D eigenvalue weighted by atomic mass is 16.4. The van der Waals surface area contributed by atoms with Crippen molar-refractivity contribution < 1.29 is 14.3 Å². The van der Waals surface area contributed by atoms with E-state index in [0.29, 0.717) is 16.8 Å². The number of hydrogen-bond acceptors (Lipinski definition) is 4. The lowest BCUT2D eigenvalue weighted by molar-refractivity contribution is -0.139. The van der Waals surface area contributed by atoms with Crippen LogP contribution in [0.5, 0.6) is 0 Å². The third-order valence-corrected chi connectivity index (χ3v) is 3.27. The summed E-state index contributed by atoms with van der Waals surface area (Å²) in [6.45, 7) is 0. The molecule has 6 heteroatoms. The predicted molar refractivity (Wildman–Crippen MR) is 77.1 cm³/mol. The largest absolute Gasteiger partial charge is 0.479 e. The number of carbonyl (C=O) groups is 1. The second-order valence-electron chi connectivity index (χ2n) is 4.58. The van der Waals surface area contributed by atoms with Crippen LogP contribution in [0.2, 0.25) is 0 Å². The summed E-state index contributed by atoms with van der Waals surface area (Å²) in [4.78, 5) is 23.8. The van der Waals surface area contributed by atoms with Gasteiger partial charge < -0.3 is 15.3 Å². The number of benzene rings is 2. The molecule has 3 aromatic rings. The molecular weight excluding hydrogens is 272 g/mol. The summed E-state index contributed by atoms with van der Waals surface area (Å²) < 4.78 is 6.17. The summed E-state index contributed by atoms with van der Waals surface area (Å²) in [6.07, 6.45) is 0. The van der Waals surface area contributed by atoms with Crippen molar-refractivity contribution in [3.63, 3.8) is 0 Å². The summed E-state index contributed by atoms with van der Waals surface area (Å²) in [5, 5.41) is 9.53. The Balaban J connectivity index is 2.34. The SMILES string of the molecule is Nc1cccc2oc(=O)n(C(C(=O)O)c3ccccc3)c12. The van der Waals surface area contributed by atoms with Gasteiger partial charge in [0.15, 0.2) is 11.6 Å². The molecule has 0 bridgehead atoms. The Labute approximate surface area is 119 Å². The lowest BCUT2D eigenvalue weighted by atomic mass is 10.1. The van der Waals surface area contributed by atoms with Gasteiger partial charge in [0.1, 0.15) is 5.52 Å². The van der Waals surface area contributed by atoms with Gasteiger partial charge in [-0.05, 0) is 17.7 Å². The minimum absolute atomic E-state index is 0.266. The van der Waals surface area contributed by atoms with Crippen LogP contribution in [0.3, 0.4) is 0 Å². The number of aromatic nitrogens is 1. The number of nitrogen functional groups attached to an aromatic ring is 1. The van der Waals surface area contributed by atoms with E-state index in [9.17, 15) is 14.7 Å². The summed E-state index contributed by atoms with van der Waals surface area (Å²) in [6, 6.07) is 12.1. The van der Waals surface area contributed by atoms with Crippen molar-refractivity contribution in [3.05, 3.63) is 64.6 Å². The number of nitrogens with two attached hydrogens (primary N) is 1. The maximum Gasteiger partial charge on any atom is 0.421 e. The zero-order chi connectivity index (χ0) is 15.0. The molecule has 6 nitrogen and oxygen atoms in total. The molecule has 1 aromatic heterocycles. The number of hydrogen-bond donors (Lipinski definition) is 2. The first-order valence-electron chi connectivity index (χ1n) is 6.27. The number of anilines is 1. The van der Waals surface area contributed by atoms with Crippen molar-refractivity contribution in [1.82, 2.24) is 4.57 Å². The molecule has 106 valence electrons. The van der Waals surface area contributed by atoms with Gasteiger partial charge in [0, 0.05) is 0 Å². The molecule has 0 aliphatic carbocycles. The third kappa shape index (κ3) is 2.06. The smallest absolute Gasteiger partial charge is 0.421 e.